The van der Waals surface area contributed by atoms with Gasteiger partial charge in [-0.3, -0.25) is 0 Å². The molecule has 0 saturated carbocycles. The van der Waals surface area contributed by atoms with Crippen molar-refractivity contribution >= 4 is 28.5 Å². The molecule has 6 heteroatoms. The Morgan fingerprint density at radius 3 is 1.92 bits per heavy atom. The maximum atomic E-state index is 12.9. The number of carbonyl (C=O) groups excluding carboxylic acids is 1. The number of hydrogen-bond donors (Lipinski definition) is 0. The molecule has 0 amide bonds. The van der Waals surface area contributed by atoms with E-state index in [1.165, 1.54) is 11.8 Å². The summed E-state index contributed by atoms with van der Waals surface area (Å²) in [6.07, 6.45) is 0. The summed E-state index contributed by atoms with van der Waals surface area (Å²) in [5, 5.41) is 5.73. The van der Waals surface area contributed by atoms with Gasteiger partial charge in [0.05, 0.1) is 12.3 Å². The van der Waals surface area contributed by atoms with Crippen LogP contribution in [0.15, 0.2) is 120 Å². The third kappa shape index (κ3) is 3.37. The van der Waals surface area contributed by atoms with Crippen molar-refractivity contribution in [1.82, 2.24) is 0 Å². The highest BCUT2D eigenvalue weighted by molar-refractivity contribution is 8.16. The van der Waals surface area contributed by atoms with E-state index in [2.05, 4.69) is 36.4 Å². The van der Waals surface area contributed by atoms with Crippen molar-refractivity contribution in [1.29, 1.82) is 0 Å². The first-order valence-electron chi connectivity index (χ1n) is 11.9. The Hall–Kier alpha value is -3.87. The van der Waals surface area contributed by atoms with Gasteiger partial charge in [0.1, 0.15) is 5.60 Å². The number of rotatable bonds is 5. The van der Waals surface area contributed by atoms with E-state index in [1.54, 1.807) is 6.92 Å². The van der Waals surface area contributed by atoms with Gasteiger partial charge in [-0.2, -0.15) is 5.10 Å². The van der Waals surface area contributed by atoms with E-state index >= 15 is 0 Å². The molecule has 4 aromatic carbocycles. The number of para-hydroxylation sites is 1. The fourth-order valence-corrected chi connectivity index (χ4v) is 6.20. The van der Waals surface area contributed by atoms with Crippen LogP contribution in [0.4, 0.5) is 5.69 Å². The summed E-state index contributed by atoms with van der Waals surface area (Å²) in [5.41, 5.74) is 3.85. The maximum absolute atomic E-state index is 12.9. The summed E-state index contributed by atoms with van der Waals surface area (Å²) in [6.45, 7) is 2.06. The molecular weight excluding hydrogens is 468 g/mol. The molecule has 0 aliphatic carbocycles. The van der Waals surface area contributed by atoms with Crippen LogP contribution in [-0.4, -0.2) is 17.6 Å². The number of anilines is 1. The van der Waals surface area contributed by atoms with E-state index in [1.807, 2.05) is 83.9 Å². The molecule has 0 saturated heterocycles. The van der Waals surface area contributed by atoms with Crippen LogP contribution in [0.3, 0.4) is 0 Å². The van der Waals surface area contributed by atoms with Crippen molar-refractivity contribution in [2.45, 2.75) is 17.6 Å². The first kappa shape index (κ1) is 22.6. The molecule has 2 heterocycles. The van der Waals surface area contributed by atoms with Gasteiger partial charge < -0.3 is 9.47 Å². The third-order valence-corrected chi connectivity index (χ3v) is 7.65. The largest absolute Gasteiger partial charge is 0.461 e. The summed E-state index contributed by atoms with van der Waals surface area (Å²) in [4.78, 5) is 12.9. The fraction of sp³-hybridized carbons (Fsp3) is 0.133. The molecule has 36 heavy (non-hydrogen) atoms. The van der Waals surface area contributed by atoms with Crippen molar-refractivity contribution in [3.05, 3.63) is 138 Å². The molecule has 5 nitrogen and oxygen atoms in total. The lowest BCUT2D eigenvalue weighted by molar-refractivity contribution is -0.134. The minimum atomic E-state index is -1.12. The lowest BCUT2D eigenvalue weighted by Crippen LogP contribution is -2.41. The molecule has 0 aromatic heterocycles. The smallest absolute Gasteiger partial charge is 0.365 e. The molecule has 2 aliphatic rings. The van der Waals surface area contributed by atoms with Crippen LogP contribution in [0.2, 0.25) is 0 Å². The van der Waals surface area contributed by atoms with E-state index in [9.17, 15) is 4.79 Å². The van der Waals surface area contributed by atoms with Gasteiger partial charge in [-0.05, 0) is 41.9 Å². The predicted molar refractivity (Wildman–Crippen MR) is 143 cm³/mol. The Bertz CT molecular complexity index is 1390. The van der Waals surface area contributed by atoms with Crippen LogP contribution >= 0.6 is 11.8 Å². The van der Waals surface area contributed by atoms with E-state index in [0.29, 0.717) is 0 Å². The molecular formula is C30H24N2O3S. The number of fused-ring (bicyclic) bond motifs is 2. The number of hydrogen-bond acceptors (Lipinski definition) is 6. The van der Waals surface area contributed by atoms with Crippen molar-refractivity contribution < 1.29 is 14.3 Å². The average Bonchev–Trinajstić information content (AvgIpc) is 3.48. The molecule has 6 rings (SSSR count). The summed E-state index contributed by atoms with van der Waals surface area (Å²) >= 11 is 1.29. The highest BCUT2D eigenvalue weighted by Gasteiger charge is 2.62. The number of esters is 1. The van der Waals surface area contributed by atoms with Crippen molar-refractivity contribution in [3.63, 3.8) is 0 Å². The van der Waals surface area contributed by atoms with Crippen LogP contribution in [-0.2, 0) is 24.9 Å². The van der Waals surface area contributed by atoms with Gasteiger partial charge in [0, 0.05) is 11.1 Å². The first-order chi connectivity index (χ1) is 17.7. The average molecular weight is 493 g/mol. The Kier molecular flexibility index (Phi) is 5.63. The second kappa shape index (κ2) is 8.97. The molecule has 178 valence electrons. The second-order valence-corrected chi connectivity index (χ2v) is 9.66. The number of thioether (sulfide) groups is 1. The minimum absolute atomic E-state index is 0.257. The van der Waals surface area contributed by atoms with E-state index in [0.717, 1.165) is 27.9 Å². The normalized spacial score (nSPS) is 19.7. The number of benzene rings is 4. The monoisotopic (exact) mass is 492 g/mol. The molecule has 1 atom stereocenters. The Morgan fingerprint density at radius 2 is 1.33 bits per heavy atom. The maximum Gasteiger partial charge on any atom is 0.365 e. The zero-order valence-corrected chi connectivity index (χ0v) is 20.5. The summed E-state index contributed by atoms with van der Waals surface area (Å²) < 4.78 is 12.7. The van der Waals surface area contributed by atoms with E-state index < -0.39 is 16.6 Å². The fourth-order valence-electron chi connectivity index (χ4n) is 4.98. The Balaban J connectivity index is 1.62. The second-order valence-electron chi connectivity index (χ2n) is 8.52. The molecule has 0 fully saturated rings. The number of carbonyl (C=O) groups is 1. The van der Waals surface area contributed by atoms with Gasteiger partial charge in [-0.25, -0.2) is 9.80 Å². The van der Waals surface area contributed by atoms with Crippen LogP contribution in [0.1, 0.15) is 29.2 Å². The summed E-state index contributed by atoms with van der Waals surface area (Å²) in [5.74, 6) is -0.460. The topological polar surface area (TPSA) is 51.1 Å². The van der Waals surface area contributed by atoms with Gasteiger partial charge in [0.15, 0.2) is 0 Å². The zero-order valence-electron chi connectivity index (χ0n) is 19.7. The lowest BCUT2D eigenvalue weighted by Gasteiger charge is -2.38. The number of nitrogens with zero attached hydrogens (tertiary/aromatic N) is 2. The quantitative estimate of drug-likeness (QED) is 0.308. The molecule has 2 aliphatic heterocycles. The van der Waals surface area contributed by atoms with Crippen molar-refractivity contribution in [2.75, 3.05) is 11.6 Å². The lowest BCUT2D eigenvalue weighted by atomic mass is 9.80. The van der Waals surface area contributed by atoms with Crippen molar-refractivity contribution in [2.24, 2.45) is 5.10 Å². The first-order valence-corrected chi connectivity index (χ1v) is 12.7. The van der Waals surface area contributed by atoms with Gasteiger partial charge in [-0.1, -0.05) is 103 Å². The molecule has 4 aromatic rings. The van der Waals surface area contributed by atoms with E-state index in [4.69, 9.17) is 14.6 Å². The minimum Gasteiger partial charge on any atom is -0.461 e. The molecule has 1 spiro atoms. The molecule has 0 bridgehead atoms. The number of ether oxygens (including phenoxy) is 2. The summed E-state index contributed by atoms with van der Waals surface area (Å²) in [6, 6.07) is 38.4. The van der Waals surface area contributed by atoms with Crippen LogP contribution in [0.25, 0.3) is 0 Å². The summed E-state index contributed by atoms with van der Waals surface area (Å²) in [7, 11) is 0. The highest BCUT2D eigenvalue weighted by Crippen LogP contribution is 2.62. The third-order valence-electron chi connectivity index (χ3n) is 6.45. The van der Waals surface area contributed by atoms with Crippen LogP contribution in [0, 0.1) is 0 Å². The van der Waals surface area contributed by atoms with Gasteiger partial charge in [0.25, 0.3) is 0 Å². The number of hydrazone groups is 1. The molecule has 1 unspecified atom stereocenters. The highest BCUT2D eigenvalue weighted by atomic mass is 32.2. The van der Waals surface area contributed by atoms with Crippen LogP contribution in [0.5, 0.6) is 0 Å². The standard InChI is InChI=1S/C30H24N2O3S/c1-2-34-28(33)27-31-32(24-18-10-5-11-19-24)30(36-27)26-21-13-12-20-25(26)29(35-30,22-14-6-3-7-15-22)23-16-8-4-9-17-23/h3-21H,2H2,1H3. The SMILES string of the molecule is CCOC(=O)C1=NN(c2ccccc2)C2(OC(c3ccccc3)(c3ccccc3)c3ccccc32)S1. The van der Waals surface area contributed by atoms with Crippen LogP contribution < -0.4 is 5.01 Å². The van der Waals surface area contributed by atoms with Crippen molar-refractivity contribution in [3.8, 4) is 0 Å². The zero-order chi connectivity index (χ0) is 24.6. The molecule has 0 N–H and O–H groups in total. The Labute approximate surface area is 214 Å². The van der Waals surface area contributed by atoms with Gasteiger partial charge in [0.2, 0.25) is 10.1 Å². The van der Waals surface area contributed by atoms with Gasteiger partial charge in [-0.15, -0.1) is 0 Å². The predicted octanol–water partition coefficient (Wildman–Crippen LogP) is 6.25. The Morgan fingerprint density at radius 1 is 0.806 bits per heavy atom. The van der Waals surface area contributed by atoms with Gasteiger partial charge >= 0.3 is 5.97 Å². The molecule has 0 radical (unpaired) electrons. The van der Waals surface area contributed by atoms with E-state index in [-0.39, 0.29) is 11.7 Å².